The number of nitrogens with zero attached hydrogens (tertiary/aromatic N) is 1. The highest BCUT2D eigenvalue weighted by Crippen LogP contribution is 2.58. The first-order valence-electron chi connectivity index (χ1n) is 8.24. The van der Waals surface area contributed by atoms with Crippen LogP contribution in [0, 0.1) is 5.92 Å². The lowest BCUT2D eigenvalue weighted by Crippen LogP contribution is -2.61. The van der Waals surface area contributed by atoms with Gasteiger partial charge in [-0.1, -0.05) is 18.9 Å². The first-order chi connectivity index (χ1) is 10.2. The van der Waals surface area contributed by atoms with Crippen LogP contribution in [0.5, 0.6) is 5.75 Å². The Hall–Kier alpha value is -0.770. The van der Waals surface area contributed by atoms with Crippen LogP contribution in [0.3, 0.4) is 0 Å². The third-order valence-corrected chi connectivity index (χ3v) is 6.37. The van der Waals surface area contributed by atoms with Crippen molar-refractivity contribution in [3.63, 3.8) is 0 Å². The quantitative estimate of drug-likeness (QED) is 0.860. The molecule has 4 heteroatoms. The van der Waals surface area contributed by atoms with E-state index in [-0.39, 0.29) is 23.9 Å². The molecule has 1 unspecified atom stereocenters. The summed E-state index contributed by atoms with van der Waals surface area (Å²) in [6, 6.07) is 6.59. The molecule has 2 aliphatic carbocycles. The van der Waals surface area contributed by atoms with Gasteiger partial charge in [-0.15, -0.1) is 12.4 Å². The number of benzene rings is 1. The second-order valence-corrected chi connectivity index (χ2v) is 7.13. The molecule has 3 nitrogen and oxygen atoms in total. The molecule has 1 N–H and O–H groups in total. The van der Waals surface area contributed by atoms with Crippen molar-refractivity contribution in [2.45, 2.75) is 49.7 Å². The van der Waals surface area contributed by atoms with Crippen LogP contribution in [0.4, 0.5) is 0 Å². The zero-order valence-electron chi connectivity index (χ0n) is 13.4. The summed E-state index contributed by atoms with van der Waals surface area (Å²) in [6.45, 7) is 1.09. The van der Waals surface area contributed by atoms with Gasteiger partial charge in [0.05, 0.1) is 13.2 Å². The number of aliphatic hydroxyl groups is 1. The number of rotatable bonds is 1. The van der Waals surface area contributed by atoms with E-state index in [0.29, 0.717) is 12.0 Å². The maximum atomic E-state index is 11.0. The molecule has 1 aromatic carbocycles. The Morgan fingerprint density at radius 1 is 1.27 bits per heavy atom. The second kappa shape index (κ2) is 5.70. The number of piperidine rings is 1. The number of likely N-dealkylation sites (N-methyl/N-ethyl adjacent to an activating group) is 1. The third kappa shape index (κ3) is 2.02. The van der Waals surface area contributed by atoms with E-state index in [0.717, 1.165) is 17.9 Å². The Balaban J connectivity index is 0.00000144. The van der Waals surface area contributed by atoms with E-state index in [1.165, 1.54) is 37.7 Å². The molecule has 1 aliphatic heterocycles. The molecule has 22 heavy (non-hydrogen) atoms. The zero-order chi connectivity index (χ0) is 14.6. The molecule has 1 saturated heterocycles. The van der Waals surface area contributed by atoms with E-state index in [2.05, 4.69) is 24.1 Å². The van der Waals surface area contributed by atoms with Gasteiger partial charge in [0.2, 0.25) is 0 Å². The van der Waals surface area contributed by atoms with Crippen LogP contribution in [0.1, 0.15) is 49.3 Å². The summed E-state index contributed by atoms with van der Waals surface area (Å²) in [5.41, 5.74) is 2.80. The van der Waals surface area contributed by atoms with Gasteiger partial charge in [-0.3, -0.25) is 0 Å². The summed E-state index contributed by atoms with van der Waals surface area (Å²) in [7, 11) is 3.91. The lowest BCUT2D eigenvalue weighted by atomic mass is 9.52. The topological polar surface area (TPSA) is 32.7 Å². The molecule has 0 spiro atoms. The lowest BCUT2D eigenvalue weighted by Gasteiger charge is -2.59. The number of fused-ring (bicyclic) bond motifs is 1. The van der Waals surface area contributed by atoms with Gasteiger partial charge in [0.25, 0.3) is 0 Å². The first-order valence-corrected chi connectivity index (χ1v) is 8.24. The molecule has 2 bridgehead atoms. The molecular formula is C18H26ClNO2. The summed E-state index contributed by atoms with van der Waals surface area (Å²) >= 11 is 0. The van der Waals surface area contributed by atoms with Crippen molar-refractivity contribution in [1.82, 2.24) is 4.90 Å². The van der Waals surface area contributed by atoms with Gasteiger partial charge in [-0.2, -0.15) is 0 Å². The minimum atomic E-state index is -0.354. The molecule has 1 saturated carbocycles. The van der Waals surface area contributed by atoms with Crippen molar-refractivity contribution < 1.29 is 9.84 Å². The number of ether oxygens (including phenoxy) is 1. The van der Waals surface area contributed by atoms with Crippen LogP contribution in [0.15, 0.2) is 18.2 Å². The Morgan fingerprint density at radius 3 is 2.86 bits per heavy atom. The largest absolute Gasteiger partial charge is 0.497 e. The maximum absolute atomic E-state index is 11.0. The van der Waals surface area contributed by atoms with Gasteiger partial charge in [0.1, 0.15) is 5.75 Å². The van der Waals surface area contributed by atoms with Gasteiger partial charge in [0.15, 0.2) is 0 Å². The summed E-state index contributed by atoms with van der Waals surface area (Å²) in [4.78, 5) is 2.39. The van der Waals surface area contributed by atoms with E-state index in [1.807, 2.05) is 6.07 Å². The summed E-state index contributed by atoms with van der Waals surface area (Å²) in [5, 5.41) is 11.0. The number of hydrogen-bond acceptors (Lipinski definition) is 3. The summed E-state index contributed by atoms with van der Waals surface area (Å²) in [5.74, 6) is 1.52. The highest BCUT2D eigenvalue weighted by Gasteiger charge is 2.56. The van der Waals surface area contributed by atoms with Crippen molar-refractivity contribution in [2.75, 3.05) is 20.7 Å². The molecule has 122 valence electrons. The number of halogens is 1. The fraction of sp³-hybridized carbons (Fsp3) is 0.667. The molecule has 0 aromatic heterocycles. The number of hydrogen-bond donors (Lipinski definition) is 1. The van der Waals surface area contributed by atoms with E-state index in [4.69, 9.17) is 4.74 Å². The SMILES string of the molecule is COc1ccc2c(c1)[C@@]13CCCC[C@@H]1[C@@H](C2O)N(C)CC3.Cl. The molecular weight excluding hydrogens is 298 g/mol. The highest BCUT2D eigenvalue weighted by molar-refractivity contribution is 5.85. The molecule has 0 amide bonds. The van der Waals surface area contributed by atoms with Gasteiger partial charge >= 0.3 is 0 Å². The smallest absolute Gasteiger partial charge is 0.119 e. The van der Waals surface area contributed by atoms with Crippen LogP contribution in [-0.2, 0) is 5.41 Å². The summed E-state index contributed by atoms with van der Waals surface area (Å²) < 4.78 is 5.46. The Bertz CT molecular complexity index is 564. The van der Waals surface area contributed by atoms with Crippen LogP contribution in [0.2, 0.25) is 0 Å². The normalized spacial score (nSPS) is 36.8. The molecule has 1 aromatic rings. The van der Waals surface area contributed by atoms with Gasteiger partial charge in [-0.05, 0) is 62.0 Å². The minimum absolute atomic E-state index is 0. The second-order valence-electron chi connectivity index (χ2n) is 7.13. The predicted octanol–water partition coefficient (Wildman–Crippen LogP) is 3.30. The Morgan fingerprint density at radius 2 is 2.09 bits per heavy atom. The van der Waals surface area contributed by atoms with E-state index in [1.54, 1.807) is 7.11 Å². The predicted molar refractivity (Wildman–Crippen MR) is 89.9 cm³/mol. The molecule has 0 radical (unpaired) electrons. The van der Waals surface area contributed by atoms with E-state index >= 15 is 0 Å². The Kier molecular flexibility index (Phi) is 4.17. The van der Waals surface area contributed by atoms with Gasteiger partial charge < -0.3 is 14.7 Å². The van der Waals surface area contributed by atoms with Crippen LogP contribution in [0.25, 0.3) is 0 Å². The molecule has 4 atom stereocenters. The molecule has 3 aliphatic rings. The van der Waals surface area contributed by atoms with Crippen LogP contribution < -0.4 is 4.74 Å². The first kappa shape index (κ1) is 16.1. The average Bonchev–Trinajstić information content (AvgIpc) is 2.53. The molecule has 2 fully saturated rings. The van der Waals surface area contributed by atoms with Gasteiger partial charge in [-0.25, -0.2) is 0 Å². The molecule has 1 heterocycles. The zero-order valence-corrected chi connectivity index (χ0v) is 14.2. The monoisotopic (exact) mass is 323 g/mol. The van der Waals surface area contributed by atoms with E-state index < -0.39 is 0 Å². The fourth-order valence-corrected chi connectivity index (χ4v) is 5.37. The van der Waals surface area contributed by atoms with Crippen LogP contribution in [-0.4, -0.2) is 36.8 Å². The minimum Gasteiger partial charge on any atom is -0.497 e. The highest BCUT2D eigenvalue weighted by atomic mass is 35.5. The lowest BCUT2D eigenvalue weighted by molar-refractivity contribution is -0.0680. The van der Waals surface area contributed by atoms with Crippen molar-refractivity contribution in [3.8, 4) is 5.75 Å². The van der Waals surface area contributed by atoms with Crippen LogP contribution >= 0.6 is 12.4 Å². The third-order valence-electron chi connectivity index (χ3n) is 6.37. The van der Waals surface area contributed by atoms with Gasteiger partial charge in [0, 0.05) is 11.5 Å². The van der Waals surface area contributed by atoms with Crippen molar-refractivity contribution in [3.05, 3.63) is 29.3 Å². The standard InChI is InChI=1S/C18H25NO2.ClH/c1-19-10-9-18-8-4-3-5-14(18)16(19)17(20)13-7-6-12(21-2)11-15(13)18;/h6-7,11,14,16-17,20H,3-5,8-10H2,1-2H3;1H/t14-,16+,17?,18-;/m1./s1. The number of methoxy groups -OCH3 is 1. The maximum Gasteiger partial charge on any atom is 0.119 e. The molecule has 4 rings (SSSR count). The van der Waals surface area contributed by atoms with Crippen molar-refractivity contribution >= 4 is 12.4 Å². The number of aliphatic hydroxyl groups excluding tert-OH is 1. The fourth-order valence-electron chi connectivity index (χ4n) is 5.37. The van der Waals surface area contributed by atoms with Crippen molar-refractivity contribution in [1.29, 1.82) is 0 Å². The number of likely N-dealkylation sites (tertiary alicyclic amines) is 1. The van der Waals surface area contributed by atoms with Crippen molar-refractivity contribution in [2.24, 2.45) is 5.92 Å². The summed E-state index contributed by atoms with van der Waals surface area (Å²) in [6.07, 6.45) is 6.02. The average molecular weight is 324 g/mol. The van der Waals surface area contributed by atoms with E-state index in [9.17, 15) is 5.11 Å². The Labute approximate surface area is 139 Å².